The van der Waals surface area contributed by atoms with Crippen molar-refractivity contribution >= 4 is 32.9 Å². The van der Waals surface area contributed by atoms with E-state index in [-0.39, 0.29) is 30.2 Å². The Hall–Kier alpha value is -2.46. The minimum absolute atomic E-state index is 0.0858. The number of rotatable bonds is 8. The average molecular weight is 382 g/mol. The lowest BCUT2D eigenvalue weighted by Crippen LogP contribution is -2.26. The van der Waals surface area contributed by atoms with Gasteiger partial charge < -0.3 is 15.0 Å². The second-order valence-electron chi connectivity index (χ2n) is 6.02. The highest BCUT2D eigenvalue weighted by Crippen LogP contribution is 2.21. The van der Waals surface area contributed by atoms with Crippen molar-refractivity contribution in [1.82, 2.24) is 19.2 Å². The van der Waals surface area contributed by atoms with Crippen LogP contribution in [0, 0.1) is 0 Å². The molecule has 0 spiro atoms. The van der Waals surface area contributed by atoms with Gasteiger partial charge in [-0.1, -0.05) is 0 Å². The van der Waals surface area contributed by atoms with Crippen molar-refractivity contribution in [2.45, 2.75) is 24.2 Å². The van der Waals surface area contributed by atoms with Gasteiger partial charge in [0, 0.05) is 40.5 Å². The van der Waals surface area contributed by atoms with Gasteiger partial charge >= 0.3 is 5.97 Å². The molecule has 1 heterocycles. The number of nitrogens with one attached hydrogen (secondary N) is 1. The first-order chi connectivity index (χ1) is 12.1. The van der Waals surface area contributed by atoms with Crippen molar-refractivity contribution in [1.29, 1.82) is 0 Å². The Kier molecular flexibility index (Phi) is 5.98. The van der Waals surface area contributed by atoms with Crippen molar-refractivity contribution in [3.63, 3.8) is 0 Å². The number of imidazole rings is 1. The predicted octanol–water partition coefficient (Wildman–Crippen LogP) is 0.347. The molecule has 9 nitrogen and oxygen atoms in total. The fourth-order valence-corrected chi connectivity index (χ4v) is 3.37. The Morgan fingerprint density at radius 2 is 1.96 bits per heavy atom. The SMILES string of the molecule is CN(C)S(=O)(=O)c1ccc2c(c1)nc(CCC(=O)NCCC(=O)O)n2C. The summed E-state index contributed by atoms with van der Waals surface area (Å²) < 4.78 is 27.4. The van der Waals surface area contributed by atoms with E-state index in [2.05, 4.69) is 10.3 Å². The number of carboxylic acids is 1. The molecule has 0 aliphatic carbocycles. The van der Waals surface area contributed by atoms with Crippen LogP contribution in [0.5, 0.6) is 0 Å². The van der Waals surface area contributed by atoms with Crippen LogP contribution in [0.25, 0.3) is 11.0 Å². The number of fused-ring (bicyclic) bond motifs is 1. The van der Waals surface area contributed by atoms with Crippen molar-refractivity contribution in [2.75, 3.05) is 20.6 Å². The Labute approximate surface area is 151 Å². The normalized spacial score (nSPS) is 11.8. The number of benzene rings is 1. The average Bonchev–Trinajstić information content (AvgIpc) is 2.88. The van der Waals surface area contributed by atoms with Gasteiger partial charge in [0.05, 0.1) is 22.3 Å². The second-order valence-corrected chi connectivity index (χ2v) is 8.17. The molecule has 2 rings (SSSR count). The zero-order chi connectivity index (χ0) is 19.5. The topological polar surface area (TPSA) is 122 Å². The molecule has 10 heteroatoms. The van der Waals surface area contributed by atoms with Gasteiger partial charge in [0.25, 0.3) is 0 Å². The Morgan fingerprint density at radius 1 is 1.27 bits per heavy atom. The summed E-state index contributed by atoms with van der Waals surface area (Å²) in [4.78, 5) is 26.8. The molecule has 1 amide bonds. The number of nitrogens with zero attached hydrogens (tertiary/aromatic N) is 3. The van der Waals surface area contributed by atoms with Crippen LogP contribution in [0.1, 0.15) is 18.7 Å². The summed E-state index contributed by atoms with van der Waals surface area (Å²) in [5, 5.41) is 11.1. The number of carbonyl (C=O) groups excluding carboxylic acids is 1. The maximum Gasteiger partial charge on any atom is 0.305 e. The molecule has 142 valence electrons. The molecular formula is C16H22N4O5S. The molecule has 0 aliphatic heterocycles. The lowest BCUT2D eigenvalue weighted by Gasteiger charge is -2.10. The van der Waals surface area contributed by atoms with E-state index in [4.69, 9.17) is 5.11 Å². The molecule has 0 aliphatic rings. The summed E-state index contributed by atoms with van der Waals surface area (Å²) in [7, 11) is 1.19. The number of sulfonamides is 1. The quantitative estimate of drug-likeness (QED) is 0.679. The number of amides is 1. The van der Waals surface area contributed by atoms with Gasteiger partial charge in [0.15, 0.2) is 0 Å². The molecule has 0 radical (unpaired) electrons. The Balaban J connectivity index is 2.13. The summed E-state index contributed by atoms with van der Waals surface area (Å²) in [6.45, 7) is 0.0858. The van der Waals surface area contributed by atoms with Gasteiger partial charge in [0.1, 0.15) is 5.82 Å². The van der Waals surface area contributed by atoms with Crippen LogP contribution in [-0.2, 0) is 33.1 Å². The van der Waals surface area contributed by atoms with E-state index in [9.17, 15) is 18.0 Å². The van der Waals surface area contributed by atoms with Gasteiger partial charge in [-0.25, -0.2) is 17.7 Å². The fourth-order valence-electron chi connectivity index (χ4n) is 2.45. The first-order valence-electron chi connectivity index (χ1n) is 7.99. The standard InChI is InChI=1S/C16H22N4O5S/c1-19(2)26(24,25)11-4-5-13-12(10-11)18-14(20(13)3)6-7-15(21)17-9-8-16(22)23/h4-5,10H,6-9H2,1-3H3,(H,17,21)(H,22,23). The third kappa shape index (κ3) is 4.38. The van der Waals surface area contributed by atoms with Crippen LogP contribution in [0.2, 0.25) is 0 Å². The van der Waals surface area contributed by atoms with Crippen LogP contribution in [0.15, 0.2) is 23.1 Å². The number of carbonyl (C=O) groups is 2. The van der Waals surface area contributed by atoms with Crippen LogP contribution in [0.3, 0.4) is 0 Å². The molecule has 0 atom stereocenters. The van der Waals surface area contributed by atoms with Crippen LogP contribution in [0.4, 0.5) is 0 Å². The summed E-state index contributed by atoms with van der Waals surface area (Å²) in [5.74, 6) is -0.578. The zero-order valence-electron chi connectivity index (χ0n) is 14.9. The maximum absolute atomic E-state index is 12.2. The summed E-state index contributed by atoms with van der Waals surface area (Å²) >= 11 is 0. The monoisotopic (exact) mass is 382 g/mol. The number of hydrogen-bond acceptors (Lipinski definition) is 5. The third-order valence-corrected chi connectivity index (χ3v) is 5.77. The van der Waals surface area contributed by atoms with E-state index in [1.54, 1.807) is 13.1 Å². The lowest BCUT2D eigenvalue weighted by molar-refractivity contribution is -0.136. The minimum Gasteiger partial charge on any atom is -0.481 e. The number of aryl methyl sites for hydroxylation is 2. The van der Waals surface area contributed by atoms with Crippen LogP contribution in [-0.4, -0.2) is 59.9 Å². The third-order valence-electron chi connectivity index (χ3n) is 3.96. The first kappa shape index (κ1) is 19.9. The number of aromatic nitrogens is 2. The summed E-state index contributed by atoms with van der Waals surface area (Å²) in [6, 6.07) is 4.73. The smallest absolute Gasteiger partial charge is 0.305 e. The van der Waals surface area contributed by atoms with E-state index < -0.39 is 16.0 Å². The van der Waals surface area contributed by atoms with Gasteiger partial charge in [-0.15, -0.1) is 0 Å². The van der Waals surface area contributed by atoms with Gasteiger partial charge in [-0.05, 0) is 18.2 Å². The molecule has 2 N–H and O–H groups in total. The van der Waals surface area contributed by atoms with E-state index in [0.29, 0.717) is 17.8 Å². The van der Waals surface area contributed by atoms with E-state index >= 15 is 0 Å². The molecule has 0 fully saturated rings. The van der Waals surface area contributed by atoms with Crippen molar-refractivity contribution < 1.29 is 23.1 Å². The summed E-state index contributed by atoms with van der Waals surface area (Å²) in [6.07, 6.45) is 0.403. The van der Waals surface area contributed by atoms with Gasteiger partial charge in [0.2, 0.25) is 15.9 Å². The van der Waals surface area contributed by atoms with E-state index in [1.165, 1.54) is 26.2 Å². The molecule has 0 unspecified atom stereocenters. The number of aliphatic carboxylic acids is 1. The highest BCUT2D eigenvalue weighted by atomic mass is 32.2. The molecule has 0 bridgehead atoms. The molecule has 0 saturated carbocycles. The zero-order valence-corrected chi connectivity index (χ0v) is 15.7. The molecule has 1 aromatic heterocycles. The van der Waals surface area contributed by atoms with Gasteiger partial charge in [-0.2, -0.15) is 0 Å². The largest absolute Gasteiger partial charge is 0.481 e. The van der Waals surface area contributed by atoms with Crippen molar-refractivity contribution in [3.05, 3.63) is 24.0 Å². The van der Waals surface area contributed by atoms with Crippen molar-refractivity contribution in [3.8, 4) is 0 Å². The van der Waals surface area contributed by atoms with Gasteiger partial charge in [-0.3, -0.25) is 9.59 Å². The highest BCUT2D eigenvalue weighted by Gasteiger charge is 2.19. The molecular weight excluding hydrogens is 360 g/mol. The Bertz CT molecular complexity index is 934. The first-order valence-corrected chi connectivity index (χ1v) is 9.43. The molecule has 26 heavy (non-hydrogen) atoms. The van der Waals surface area contributed by atoms with Crippen LogP contribution < -0.4 is 5.32 Å². The highest BCUT2D eigenvalue weighted by molar-refractivity contribution is 7.89. The fraction of sp³-hybridized carbons (Fsp3) is 0.438. The minimum atomic E-state index is -3.54. The molecule has 0 saturated heterocycles. The summed E-state index contributed by atoms with van der Waals surface area (Å²) in [5.41, 5.74) is 1.31. The second kappa shape index (κ2) is 7.83. The molecule has 1 aromatic carbocycles. The lowest BCUT2D eigenvalue weighted by atomic mass is 10.2. The van der Waals surface area contributed by atoms with Crippen LogP contribution >= 0.6 is 0 Å². The molecule has 2 aromatic rings. The predicted molar refractivity (Wildman–Crippen MR) is 95.2 cm³/mol. The number of hydrogen-bond donors (Lipinski definition) is 2. The van der Waals surface area contributed by atoms with E-state index in [1.807, 2.05) is 4.57 Å². The maximum atomic E-state index is 12.2. The Morgan fingerprint density at radius 3 is 2.58 bits per heavy atom. The number of carboxylic acid groups (broad SMARTS) is 1. The van der Waals surface area contributed by atoms with E-state index in [0.717, 1.165) is 9.82 Å². The van der Waals surface area contributed by atoms with Crippen molar-refractivity contribution in [2.24, 2.45) is 7.05 Å².